The van der Waals surface area contributed by atoms with Crippen molar-refractivity contribution in [1.29, 1.82) is 0 Å². The molecule has 0 saturated carbocycles. The molecule has 0 aliphatic heterocycles. The number of carbonyl (C=O) groups excluding carboxylic acids is 1. The van der Waals surface area contributed by atoms with Gasteiger partial charge in [0.05, 0.1) is 5.56 Å². The van der Waals surface area contributed by atoms with Crippen molar-refractivity contribution >= 4 is 39.6 Å². The van der Waals surface area contributed by atoms with Crippen molar-refractivity contribution in [1.82, 2.24) is 4.98 Å². The molecule has 0 aromatic carbocycles. The smallest absolute Gasteiger partial charge is 0.443 e. The highest BCUT2D eigenvalue weighted by Gasteiger charge is 2.35. The SMILES string of the molecule is CCc1c(C)sc(NC(=O)c2csc(C(F)(F)F)n2)c1C(=O)O. The minimum atomic E-state index is -4.62. The number of thiophene rings is 1. The molecule has 2 rings (SSSR count). The second-order valence-electron chi connectivity index (χ2n) is 4.49. The van der Waals surface area contributed by atoms with E-state index in [1.807, 2.05) is 0 Å². The summed E-state index contributed by atoms with van der Waals surface area (Å²) < 4.78 is 37.5. The van der Waals surface area contributed by atoms with Crippen LogP contribution < -0.4 is 5.32 Å². The molecule has 1 amide bonds. The first-order chi connectivity index (χ1) is 10.6. The number of carbonyl (C=O) groups is 2. The van der Waals surface area contributed by atoms with Gasteiger partial charge in [-0.2, -0.15) is 13.2 Å². The van der Waals surface area contributed by atoms with Gasteiger partial charge in [-0.3, -0.25) is 4.79 Å². The van der Waals surface area contributed by atoms with Gasteiger partial charge in [0.1, 0.15) is 10.7 Å². The van der Waals surface area contributed by atoms with Gasteiger partial charge < -0.3 is 10.4 Å². The molecule has 0 atom stereocenters. The van der Waals surface area contributed by atoms with Gasteiger partial charge in [0.15, 0.2) is 5.01 Å². The monoisotopic (exact) mass is 364 g/mol. The summed E-state index contributed by atoms with van der Waals surface area (Å²) in [6.07, 6.45) is -4.15. The molecule has 124 valence electrons. The van der Waals surface area contributed by atoms with E-state index in [-0.39, 0.29) is 10.6 Å². The van der Waals surface area contributed by atoms with E-state index >= 15 is 0 Å². The Kier molecular flexibility index (Phi) is 4.76. The molecule has 0 spiro atoms. The summed E-state index contributed by atoms with van der Waals surface area (Å²) in [5, 5.41) is 11.6. The normalized spacial score (nSPS) is 11.5. The summed E-state index contributed by atoms with van der Waals surface area (Å²) in [5.74, 6) is -2.07. The molecule has 2 N–H and O–H groups in total. The Morgan fingerprint density at radius 3 is 2.52 bits per heavy atom. The number of nitrogens with zero attached hydrogens (tertiary/aromatic N) is 1. The molecule has 0 aliphatic rings. The van der Waals surface area contributed by atoms with Gasteiger partial charge in [-0.1, -0.05) is 6.92 Å². The van der Waals surface area contributed by atoms with Crippen molar-refractivity contribution in [2.24, 2.45) is 0 Å². The zero-order valence-corrected chi connectivity index (χ0v) is 13.6. The molecular weight excluding hydrogens is 353 g/mol. The number of hydrogen-bond acceptors (Lipinski definition) is 5. The molecule has 10 heteroatoms. The zero-order valence-electron chi connectivity index (χ0n) is 11.9. The Morgan fingerprint density at radius 2 is 2.04 bits per heavy atom. The molecule has 23 heavy (non-hydrogen) atoms. The summed E-state index contributed by atoms with van der Waals surface area (Å²) in [4.78, 5) is 27.4. The Hall–Kier alpha value is -1.94. The van der Waals surface area contributed by atoms with Gasteiger partial charge >= 0.3 is 12.1 Å². The Labute approximate surface area is 136 Å². The van der Waals surface area contributed by atoms with Crippen molar-refractivity contribution in [2.75, 3.05) is 5.32 Å². The third-order valence-corrected chi connectivity index (χ3v) is 4.93. The fourth-order valence-corrected chi connectivity index (χ4v) is 3.79. The van der Waals surface area contributed by atoms with Crippen molar-refractivity contribution in [3.05, 3.63) is 32.1 Å². The first kappa shape index (κ1) is 17.4. The number of carboxylic acid groups (broad SMARTS) is 1. The Bertz CT molecular complexity index is 765. The number of alkyl halides is 3. The number of thiazole rings is 1. The maximum absolute atomic E-state index is 12.5. The molecule has 0 bridgehead atoms. The number of carboxylic acids is 1. The molecule has 0 radical (unpaired) electrons. The average Bonchev–Trinajstić information content (AvgIpc) is 3.02. The lowest BCUT2D eigenvalue weighted by Gasteiger charge is -2.03. The van der Waals surface area contributed by atoms with Crippen LogP contribution in [-0.2, 0) is 12.6 Å². The summed E-state index contributed by atoms with van der Waals surface area (Å²) in [6, 6.07) is 0. The summed E-state index contributed by atoms with van der Waals surface area (Å²) in [7, 11) is 0. The molecule has 2 aromatic rings. The molecule has 5 nitrogen and oxygen atoms in total. The van der Waals surface area contributed by atoms with Gasteiger partial charge in [-0.25, -0.2) is 9.78 Å². The highest BCUT2D eigenvalue weighted by atomic mass is 32.1. The molecule has 0 fully saturated rings. The number of aromatic nitrogens is 1. The number of rotatable bonds is 4. The first-order valence-corrected chi connectivity index (χ1v) is 8.04. The van der Waals surface area contributed by atoms with Crippen LogP contribution in [0.1, 0.15) is 43.2 Å². The minimum Gasteiger partial charge on any atom is -0.478 e. The number of hydrogen-bond donors (Lipinski definition) is 2. The lowest BCUT2D eigenvalue weighted by atomic mass is 10.1. The number of nitrogens with one attached hydrogen (secondary N) is 1. The first-order valence-electron chi connectivity index (χ1n) is 6.34. The number of halogens is 3. The molecule has 0 aliphatic carbocycles. The second kappa shape index (κ2) is 6.28. The molecule has 0 saturated heterocycles. The second-order valence-corrected chi connectivity index (χ2v) is 6.57. The third kappa shape index (κ3) is 3.53. The summed E-state index contributed by atoms with van der Waals surface area (Å²) in [6.45, 7) is 3.50. The highest BCUT2D eigenvalue weighted by Crippen LogP contribution is 2.35. The van der Waals surface area contributed by atoms with Gasteiger partial charge in [0, 0.05) is 10.3 Å². The van der Waals surface area contributed by atoms with E-state index in [4.69, 9.17) is 0 Å². The van der Waals surface area contributed by atoms with Crippen LogP contribution >= 0.6 is 22.7 Å². The average molecular weight is 364 g/mol. The topological polar surface area (TPSA) is 79.3 Å². The fraction of sp³-hybridized carbons (Fsp3) is 0.308. The fourth-order valence-electron chi connectivity index (χ4n) is 1.99. The maximum Gasteiger partial charge on any atom is 0.443 e. The van der Waals surface area contributed by atoms with E-state index in [0.717, 1.165) is 21.6 Å². The molecule has 0 unspecified atom stereocenters. The highest BCUT2D eigenvalue weighted by molar-refractivity contribution is 7.17. The molecule has 2 heterocycles. The van der Waals surface area contributed by atoms with Gasteiger partial charge in [0.2, 0.25) is 0 Å². The van der Waals surface area contributed by atoms with E-state index in [1.165, 1.54) is 0 Å². The van der Waals surface area contributed by atoms with Gasteiger partial charge in [-0.05, 0) is 18.9 Å². The van der Waals surface area contributed by atoms with Crippen LogP contribution in [-0.4, -0.2) is 22.0 Å². The van der Waals surface area contributed by atoms with Crippen molar-refractivity contribution in [3.63, 3.8) is 0 Å². The van der Waals surface area contributed by atoms with E-state index in [0.29, 0.717) is 23.3 Å². The Balaban J connectivity index is 2.31. The number of aromatic carboxylic acids is 1. The summed E-state index contributed by atoms with van der Waals surface area (Å²) >= 11 is 1.38. The van der Waals surface area contributed by atoms with Crippen LogP contribution in [0.5, 0.6) is 0 Å². The third-order valence-electron chi connectivity index (χ3n) is 2.98. The zero-order chi connectivity index (χ0) is 17.4. The van der Waals surface area contributed by atoms with Crippen molar-refractivity contribution in [2.45, 2.75) is 26.4 Å². The van der Waals surface area contributed by atoms with Crippen LogP contribution in [0.25, 0.3) is 0 Å². The summed E-state index contributed by atoms with van der Waals surface area (Å²) in [5.41, 5.74) is 0.157. The number of aryl methyl sites for hydroxylation is 1. The van der Waals surface area contributed by atoms with E-state index in [1.54, 1.807) is 13.8 Å². The molecule has 2 aromatic heterocycles. The van der Waals surface area contributed by atoms with Crippen molar-refractivity contribution in [3.8, 4) is 0 Å². The number of anilines is 1. The predicted molar refractivity (Wildman–Crippen MR) is 80.5 cm³/mol. The van der Waals surface area contributed by atoms with E-state index in [2.05, 4.69) is 10.3 Å². The molecular formula is C13H11F3N2O3S2. The van der Waals surface area contributed by atoms with Crippen LogP contribution in [0.2, 0.25) is 0 Å². The van der Waals surface area contributed by atoms with Crippen molar-refractivity contribution < 1.29 is 27.9 Å². The Morgan fingerprint density at radius 1 is 1.39 bits per heavy atom. The quantitative estimate of drug-likeness (QED) is 0.858. The van der Waals surface area contributed by atoms with Crippen LogP contribution in [0.3, 0.4) is 0 Å². The lowest BCUT2D eigenvalue weighted by molar-refractivity contribution is -0.137. The standard InChI is InChI=1S/C13H11F3N2O3S2/c1-3-6-5(2)23-10(8(6)11(20)21)18-9(19)7-4-22-12(17-7)13(14,15)16/h4H,3H2,1-2H3,(H,18,19)(H,20,21). The van der Waals surface area contributed by atoms with Gasteiger partial charge in [-0.15, -0.1) is 22.7 Å². The number of amides is 1. The van der Waals surface area contributed by atoms with E-state index < -0.39 is 28.8 Å². The van der Waals surface area contributed by atoms with Crippen LogP contribution in [0, 0.1) is 6.92 Å². The predicted octanol–water partition coefficient (Wildman–Crippen LogP) is 4.04. The van der Waals surface area contributed by atoms with Gasteiger partial charge in [0.25, 0.3) is 5.91 Å². The van der Waals surface area contributed by atoms with Crippen LogP contribution in [0.15, 0.2) is 5.38 Å². The largest absolute Gasteiger partial charge is 0.478 e. The van der Waals surface area contributed by atoms with Crippen LogP contribution in [0.4, 0.5) is 18.2 Å². The van der Waals surface area contributed by atoms with E-state index in [9.17, 15) is 27.9 Å². The lowest BCUT2D eigenvalue weighted by Crippen LogP contribution is -2.15. The maximum atomic E-state index is 12.5. The minimum absolute atomic E-state index is 0.0328.